The van der Waals surface area contributed by atoms with Gasteiger partial charge in [-0.25, -0.2) is 9.59 Å². The lowest BCUT2D eigenvalue weighted by atomic mass is 10.1. The zero-order valence-corrected chi connectivity index (χ0v) is 25.4. The third-order valence-corrected chi connectivity index (χ3v) is 9.93. The van der Waals surface area contributed by atoms with Crippen LogP contribution in [0, 0.1) is 20.2 Å². The largest absolute Gasteiger partial charge is 0.480 e. The van der Waals surface area contributed by atoms with E-state index in [1.54, 1.807) is 0 Å². The Bertz CT molecular complexity index is 1330. The maximum absolute atomic E-state index is 13.1. The fourth-order valence-electron chi connectivity index (χ4n) is 5.05. The molecule has 15 nitrogen and oxygen atoms in total. The summed E-state index contributed by atoms with van der Waals surface area (Å²) in [6.45, 7) is 0.340. The smallest absolute Gasteiger partial charge is 0.327 e. The van der Waals surface area contributed by atoms with Crippen molar-refractivity contribution >= 4 is 58.7 Å². The van der Waals surface area contributed by atoms with Gasteiger partial charge in [-0.3, -0.25) is 29.8 Å². The number of hydrogen-bond donors (Lipinski definition) is 2. The van der Waals surface area contributed by atoms with Crippen LogP contribution >= 0.6 is 23.5 Å². The van der Waals surface area contributed by atoms with Crippen molar-refractivity contribution in [2.24, 2.45) is 0 Å². The van der Waals surface area contributed by atoms with Gasteiger partial charge in [0.25, 0.3) is 11.4 Å². The molecule has 4 rings (SSSR count). The third kappa shape index (κ3) is 8.09. The zero-order valence-electron chi connectivity index (χ0n) is 23.8. The van der Waals surface area contributed by atoms with Crippen LogP contribution in [0.2, 0.25) is 0 Å². The Morgan fingerprint density at radius 1 is 0.711 bits per heavy atom. The highest BCUT2D eigenvalue weighted by Gasteiger charge is 2.43. The van der Waals surface area contributed by atoms with Gasteiger partial charge in [0, 0.05) is 61.8 Å². The molecule has 2 saturated heterocycles. The Morgan fingerprint density at radius 3 is 1.38 bits per heavy atom. The van der Waals surface area contributed by atoms with E-state index >= 15 is 0 Å². The first-order chi connectivity index (χ1) is 21.5. The average Bonchev–Trinajstić information content (AvgIpc) is 3.66. The molecule has 0 radical (unpaired) electrons. The maximum Gasteiger partial charge on any atom is 0.327 e. The van der Waals surface area contributed by atoms with Crippen molar-refractivity contribution in [3.63, 3.8) is 0 Å². The third-order valence-electron chi connectivity index (χ3n) is 7.28. The maximum atomic E-state index is 13.1. The van der Waals surface area contributed by atoms with Crippen LogP contribution in [0.25, 0.3) is 0 Å². The summed E-state index contributed by atoms with van der Waals surface area (Å²) in [6.07, 6.45) is 0.600. The van der Waals surface area contributed by atoms with Gasteiger partial charge >= 0.3 is 11.9 Å². The number of benzene rings is 2. The summed E-state index contributed by atoms with van der Waals surface area (Å²) in [4.78, 5) is 73.3. The second-order valence-corrected chi connectivity index (χ2v) is 12.4. The predicted octanol–water partition coefficient (Wildman–Crippen LogP) is 3.83. The quantitative estimate of drug-likeness (QED) is 0.167. The first kappa shape index (κ1) is 33.7. The summed E-state index contributed by atoms with van der Waals surface area (Å²) < 4.78 is 5.59. The Morgan fingerprint density at radius 2 is 1.07 bits per heavy atom. The van der Waals surface area contributed by atoms with Gasteiger partial charge in [0.15, 0.2) is 0 Å². The number of nitrogens with zero attached hydrogens (tertiary/aromatic N) is 4. The number of aliphatic carboxylic acids is 2. The van der Waals surface area contributed by atoms with Crippen molar-refractivity contribution in [2.45, 2.75) is 48.5 Å². The van der Waals surface area contributed by atoms with Crippen LogP contribution in [-0.2, 0) is 23.9 Å². The Kier molecular flexibility index (Phi) is 11.4. The van der Waals surface area contributed by atoms with Crippen molar-refractivity contribution < 1.29 is 44.0 Å². The van der Waals surface area contributed by atoms with Gasteiger partial charge in [-0.15, -0.1) is 23.5 Å². The van der Waals surface area contributed by atoms with E-state index in [1.165, 1.54) is 81.9 Å². The number of carbonyl (C=O) groups excluding carboxylic acids is 2. The number of nitro groups is 2. The predicted molar refractivity (Wildman–Crippen MR) is 162 cm³/mol. The normalized spacial score (nSPS) is 21.1. The van der Waals surface area contributed by atoms with Crippen molar-refractivity contribution in [1.29, 1.82) is 0 Å². The van der Waals surface area contributed by atoms with Gasteiger partial charge in [-0.2, -0.15) is 0 Å². The van der Waals surface area contributed by atoms with E-state index in [9.17, 15) is 49.6 Å². The molecule has 0 bridgehead atoms. The number of ether oxygens (including phenoxy) is 1. The molecule has 2 amide bonds. The summed E-state index contributed by atoms with van der Waals surface area (Å²) >= 11 is 2.54. The minimum Gasteiger partial charge on any atom is -0.480 e. The topological polar surface area (TPSA) is 211 Å². The van der Waals surface area contributed by atoms with Crippen molar-refractivity contribution in [3.8, 4) is 0 Å². The van der Waals surface area contributed by atoms with Crippen LogP contribution in [0.3, 0.4) is 0 Å². The minimum absolute atomic E-state index is 0.00889. The lowest BCUT2D eigenvalue weighted by Crippen LogP contribution is -2.43. The van der Waals surface area contributed by atoms with E-state index < -0.39 is 56.4 Å². The van der Waals surface area contributed by atoms with Gasteiger partial charge in [0.1, 0.15) is 22.8 Å². The molecule has 2 heterocycles. The summed E-state index contributed by atoms with van der Waals surface area (Å²) in [7, 11) is 0. The number of carboxylic acid groups (broad SMARTS) is 2. The molecule has 17 heteroatoms. The Balaban J connectivity index is 1.25. The van der Waals surface area contributed by atoms with Crippen LogP contribution < -0.4 is 0 Å². The molecule has 0 aromatic heterocycles. The molecule has 2 fully saturated rings. The number of rotatable bonds is 14. The molecule has 0 aliphatic carbocycles. The van der Waals surface area contributed by atoms with Crippen LogP contribution in [0.15, 0.2) is 48.5 Å². The molecule has 2 unspecified atom stereocenters. The Hall–Kier alpha value is -4.22. The SMILES string of the molecule is O=C(O)[C@@H]1CSC(c2ccc([N+](=O)[O-])cc2)N1C(=O)CCCOCCCC(=O)N1C(c2ccc([N+](=O)[O-])cc2)SC[C@H]1C(=O)O. The van der Waals surface area contributed by atoms with Gasteiger partial charge in [0.05, 0.1) is 9.85 Å². The number of carbonyl (C=O) groups is 4. The lowest BCUT2D eigenvalue weighted by Gasteiger charge is -2.28. The van der Waals surface area contributed by atoms with Gasteiger partial charge in [-0.05, 0) is 48.2 Å². The fraction of sp³-hybridized carbons (Fsp3) is 0.429. The lowest BCUT2D eigenvalue weighted by molar-refractivity contribution is -0.385. The number of carboxylic acids is 2. The molecule has 2 aliphatic heterocycles. The summed E-state index contributed by atoms with van der Waals surface area (Å²) in [6, 6.07) is 9.21. The molecule has 2 aromatic rings. The number of thioether (sulfide) groups is 2. The van der Waals surface area contributed by atoms with E-state index in [1.807, 2.05) is 0 Å². The van der Waals surface area contributed by atoms with Crippen LogP contribution in [0.5, 0.6) is 0 Å². The second kappa shape index (κ2) is 15.2. The van der Waals surface area contributed by atoms with Crippen molar-refractivity contribution in [3.05, 3.63) is 79.9 Å². The summed E-state index contributed by atoms with van der Waals surface area (Å²) in [5.74, 6) is -2.71. The van der Waals surface area contributed by atoms with Crippen LogP contribution in [-0.4, -0.2) is 90.4 Å². The zero-order chi connectivity index (χ0) is 32.7. The number of non-ortho nitro benzene ring substituents is 2. The van der Waals surface area contributed by atoms with Crippen molar-refractivity contribution in [2.75, 3.05) is 24.7 Å². The first-order valence-corrected chi connectivity index (χ1v) is 16.0. The molecule has 240 valence electrons. The fourth-order valence-corrected chi connectivity index (χ4v) is 7.93. The molecule has 0 spiro atoms. The molecule has 2 aromatic carbocycles. The summed E-state index contributed by atoms with van der Waals surface area (Å²) in [5, 5.41) is 40.1. The van der Waals surface area contributed by atoms with E-state index in [-0.39, 0.29) is 48.9 Å². The number of nitro benzene ring substituents is 2. The molecular formula is C28H30N4O11S2. The van der Waals surface area contributed by atoms with Gasteiger partial charge in [0.2, 0.25) is 11.8 Å². The molecule has 45 heavy (non-hydrogen) atoms. The van der Waals surface area contributed by atoms with E-state index in [4.69, 9.17) is 4.74 Å². The molecule has 2 aliphatic rings. The van der Waals surface area contributed by atoms with Gasteiger partial charge in [-0.1, -0.05) is 0 Å². The molecular weight excluding hydrogens is 632 g/mol. The highest BCUT2D eigenvalue weighted by Crippen LogP contribution is 2.43. The van der Waals surface area contributed by atoms with Crippen molar-refractivity contribution in [1.82, 2.24) is 9.80 Å². The monoisotopic (exact) mass is 662 g/mol. The highest BCUT2D eigenvalue weighted by atomic mass is 32.2. The van der Waals surface area contributed by atoms with E-state index in [2.05, 4.69) is 0 Å². The first-order valence-electron chi connectivity index (χ1n) is 13.9. The standard InChI is InChI=1S/C28H30N4O11S2/c33-23(29-21(27(35)36)15-44-25(29)17-5-9-19(10-6-17)31(39)40)3-1-13-43-14-2-4-24(34)30-22(28(37)38)16-45-26(30)18-7-11-20(12-8-18)32(41)42/h5-12,21-22,25-26H,1-4,13-16H2,(H,35,36)(H,37,38)/t21-,22-,25?,26?/m0/s1. The van der Waals surface area contributed by atoms with Crippen LogP contribution in [0.4, 0.5) is 11.4 Å². The molecule has 2 N–H and O–H groups in total. The molecule has 0 saturated carbocycles. The highest BCUT2D eigenvalue weighted by molar-refractivity contribution is 8.00. The molecule has 4 atom stereocenters. The number of amides is 2. The van der Waals surface area contributed by atoms with Crippen LogP contribution in [0.1, 0.15) is 47.6 Å². The summed E-state index contributed by atoms with van der Waals surface area (Å²) in [5.41, 5.74) is 0.944. The second-order valence-electron chi connectivity index (χ2n) is 10.2. The minimum atomic E-state index is -1.14. The Labute approximate surface area is 265 Å². The van der Waals surface area contributed by atoms with E-state index in [0.717, 1.165) is 0 Å². The number of hydrogen-bond acceptors (Lipinski definition) is 11. The van der Waals surface area contributed by atoms with Gasteiger partial charge < -0.3 is 24.7 Å². The average molecular weight is 663 g/mol. The van der Waals surface area contributed by atoms with E-state index in [0.29, 0.717) is 24.0 Å².